The van der Waals surface area contributed by atoms with Gasteiger partial charge in [0.1, 0.15) is 6.34 Å². The third-order valence-corrected chi connectivity index (χ3v) is 1.71. The van der Waals surface area contributed by atoms with Crippen LogP contribution in [-0.4, -0.2) is 12.6 Å². The summed E-state index contributed by atoms with van der Waals surface area (Å²) in [5, 5.41) is 0. The van der Waals surface area contributed by atoms with Crippen LogP contribution in [0.5, 0.6) is 0 Å². The minimum Gasteiger partial charge on any atom is -0.244 e. The van der Waals surface area contributed by atoms with Crippen molar-refractivity contribution in [3.63, 3.8) is 0 Å². The van der Waals surface area contributed by atoms with Gasteiger partial charge in [0.2, 0.25) is 0 Å². The molecule has 0 bridgehead atoms. The van der Waals surface area contributed by atoms with E-state index in [1.807, 2.05) is 43.3 Å². The number of rotatable bonds is 4. The highest BCUT2D eigenvalue weighted by atomic mass is 14.8. The van der Waals surface area contributed by atoms with Gasteiger partial charge in [-0.1, -0.05) is 43.0 Å². The lowest BCUT2D eigenvalue weighted by molar-refractivity contribution is 1.31. The summed E-state index contributed by atoms with van der Waals surface area (Å²) in [5.74, 6) is 0. The van der Waals surface area contributed by atoms with Crippen molar-refractivity contribution in [1.82, 2.24) is 0 Å². The van der Waals surface area contributed by atoms with Crippen LogP contribution in [0.2, 0.25) is 0 Å². The molecule has 0 aliphatic heterocycles. The summed E-state index contributed by atoms with van der Waals surface area (Å²) in [6, 6.07) is 9.90. The fourth-order valence-corrected chi connectivity index (χ4v) is 0.996. The lowest BCUT2D eigenvalue weighted by Gasteiger charge is -1.88. The lowest BCUT2D eigenvalue weighted by atomic mass is 10.2. The molecule has 0 saturated heterocycles. The van der Waals surface area contributed by atoms with E-state index in [1.165, 1.54) is 6.34 Å². The molecule has 76 valence electrons. The molecule has 0 N–H and O–H groups in total. The maximum absolute atomic E-state index is 4.10. The van der Waals surface area contributed by atoms with Gasteiger partial charge in [0.05, 0.1) is 0 Å². The molecule has 0 atom stereocenters. The molecule has 0 unspecified atom stereocenters. The van der Waals surface area contributed by atoms with Crippen molar-refractivity contribution in [1.29, 1.82) is 0 Å². The van der Waals surface area contributed by atoms with E-state index >= 15 is 0 Å². The normalized spacial score (nSPS) is 12.5. The molecule has 0 saturated carbocycles. The number of hydrogen-bond donors (Lipinski definition) is 0. The number of aliphatic imine (C=N–C) groups is 2. The van der Waals surface area contributed by atoms with E-state index in [0.29, 0.717) is 0 Å². The molecule has 0 aromatic heterocycles. The predicted octanol–water partition coefficient (Wildman–Crippen LogP) is 3.22. The number of benzene rings is 1. The smallest absolute Gasteiger partial charge is 0.115 e. The van der Waals surface area contributed by atoms with E-state index in [9.17, 15) is 0 Å². The van der Waals surface area contributed by atoms with Crippen LogP contribution < -0.4 is 0 Å². The van der Waals surface area contributed by atoms with Gasteiger partial charge in [-0.3, -0.25) is 0 Å². The average Bonchev–Trinajstić information content (AvgIpc) is 2.26. The third-order valence-electron chi connectivity index (χ3n) is 1.71. The highest BCUT2D eigenvalue weighted by Crippen LogP contribution is 1.94. The summed E-state index contributed by atoms with van der Waals surface area (Å²) in [6.45, 7) is 5.49. The molecule has 0 heterocycles. The van der Waals surface area contributed by atoms with Gasteiger partial charge in [0, 0.05) is 11.9 Å². The van der Waals surface area contributed by atoms with Gasteiger partial charge < -0.3 is 0 Å². The summed E-state index contributed by atoms with van der Waals surface area (Å²) in [6.07, 6.45) is 6.83. The maximum Gasteiger partial charge on any atom is 0.115 e. The second-order valence-corrected chi connectivity index (χ2v) is 2.98. The van der Waals surface area contributed by atoms with Gasteiger partial charge in [0.25, 0.3) is 0 Å². The zero-order chi connectivity index (χ0) is 10.9. The SMILES string of the molecule is C=C\C=C(C)/N=C\N=C\c1ccccc1. The molecular weight excluding hydrogens is 184 g/mol. The van der Waals surface area contributed by atoms with Gasteiger partial charge in [-0.25, -0.2) is 9.98 Å². The van der Waals surface area contributed by atoms with Gasteiger partial charge in [-0.2, -0.15) is 0 Å². The van der Waals surface area contributed by atoms with E-state index < -0.39 is 0 Å². The van der Waals surface area contributed by atoms with Crippen LogP contribution in [-0.2, 0) is 0 Å². The number of allylic oxidation sites excluding steroid dienone is 3. The van der Waals surface area contributed by atoms with Crippen molar-refractivity contribution in [2.75, 3.05) is 0 Å². The first-order valence-corrected chi connectivity index (χ1v) is 4.73. The standard InChI is InChI=1S/C13H14N2/c1-3-7-12(2)15-11-14-10-13-8-5-4-6-9-13/h3-11H,1H2,2H3/b12-7-,14-10+,15-11-. The molecule has 0 amide bonds. The third kappa shape index (κ3) is 4.72. The quantitative estimate of drug-likeness (QED) is 0.403. The first kappa shape index (κ1) is 11.1. The number of hydrogen-bond acceptors (Lipinski definition) is 1. The van der Waals surface area contributed by atoms with E-state index in [1.54, 1.807) is 12.3 Å². The average molecular weight is 198 g/mol. The molecule has 1 rings (SSSR count). The molecule has 0 radical (unpaired) electrons. The van der Waals surface area contributed by atoms with Crippen molar-refractivity contribution in [2.24, 2.45) is 9.98 Å². The second kappa shape index (κ2) is 6.49. The molecule has 0 aliphatic carbocycles. The largest absolute Gasteiger partial charge is 0.244 e. The maximum atomic E-state index is 4.10. The lowest BCUT2D eigenvalue weighted by Crippen LogP contribution is -1.79. The Bertz CT molecular complexity index is 386. The Morgan fingerprint density at radius 1 is 1.27 bits per heavy atom. The Hall–Kier alpha value is -1.96. The van der Waals surface area contributed by atoms with Crippen molar-refractivity contribution in [3.05, 3.63) is 60.3 Å². The Balaban J connectivity index is 2.54. The molecule has 0 spiro atoms. The molecule has 2 heteroatoms. The fraction of sp³-hybridized carbons (Fsp3) is 0.0769. The molecule has 0 fully saturated rings. The fourth-order valence-electron chi connectivity index (χ4n) is 0.996. The minimum absolute atomic E-state index is 0.884. The van der Waals surface area contributed by atoms with E-state index in [2.05, 4.69) is 16.6 Å². The Morgan fingerprint density at radius 2 is 2.00 bits per heavy atom. The van der Waals surface area contributed by atoms with Crippen LogP contribution in [0.3, 0.4) is 0 Å². The molecule has 15 heavy (non-hydrogen) atoms. The van der Waals surface area contributed by atoms with E-state index in [0.717, 1.165) is 11.3 Å². The molecule has 1 aromatic carbocycles. The highest BCUT2D eigenvalue weighted by Gasteiger charge is 1.81. The predicted molar refractivity (Wildman–Crippen MR) is 66.5 cm³/mol. The summed E-state index contributed by atoms with van der Waals surface area (Å²) >= 11 is 0. The Labute approximate surface area is 90.4 Å². The van der Waals surface area contributed by atoms with E-state index in [4.69, 9.17) is 0 Å². The van der Waals surface area contributed by atoms with E-state index in [-0.39, 0.29) is 0 Å². The molecule has 0 aliphatic rings. The monoisotopic (exact) mass is 198 g/mol. The van der Waals surface area contributed by atoms with Gasteiger partial charge >= 0.3 is 0 Å². The van der Waals surface area contributed by atoms with Crippen LogP contribution in [0.1, 0.15) is 12.5 Å². The molecule has 2 nitrogen and oxygen atoms in total. The Kier molecular flexibility index (Phi) is 4.81. The van der Waals surface area contributed by atoms with Crippen LogP contribution in [0, 0.1) is 0 Å². The molecular formula is C13H14N2. The van der Waals surface area contributed by atoms with Crippen molar-refractivity contribution >= 4 is 12.6 Å². The first-order chi connectivity index (χ1) is 7.33. The van der Waals surface area contributed by atoms with Gasteiger partial charge in [0.15, 0.2) is 0 Å². The van der Waals surface area contributed by atoms with Crippen molar-refractivity contribution in [2.45, 2.75) is 6.92 Å². The molecule has 1 aromatic rings. The minimum atomic E-state index is 0.884. The van der Waals surface area contributed by atoms with Crippen LogP contribution in [0.15, 0.2) is 64.7 Å². The zero-order valence-corrected chi connectivity index (χ0v) is 8.80. The van der Waals surface area contributed by atoms with Crippen LogP contribution >= 0.6 is 0 Å². The summed E-state index contributed by atoms with van der Waals surface area (Å²) < 4.78 is 0. The zero-order valence-electron chi connectivity index (χ0n) is 8.80. The van der Waals surface area contributed by atoms with Crippen molar-refractivity contribution in [3.8, 4) is 0 Å². The Morgan fingerprint density at radius 3 is 2.67 bits per heavy atom. The first-order valence-electron chi connectivity index (χ1n) is 4.73. The number of nitrogens with zero attached hydrogens (tertiary/aromatic N) is 2. The second-order valence-electron chi connectivity index (χ2n) is 2.98. The summed E-state index contributed by atoms with van der Waals surface area (Å²) in [7, 11) is 0. The van der Waals surface area contributed by atoms with Gasteiger partial charge in [-0.15, -0.1) is 0 Å². The van der Waals surface area contributed by atoms with Crippen LogP contribution in [0.25, 0.3) is 0 Å². The summed E-state index contributed by atoms with van der Waals surface area (Å²) in [5.41, 5.74) is 1.95. The van der Waals surface area contributed by atoms with Crippen LogP contribution in [0.4, 0.5) is 0 Å². The highest BCUT2D eigenvalue weighted by molar-refractivity contribution is 5.85. The summed E-state index contributed by atoms with van der Waals surface area (Å²) in [4.78, 5) is 8.17. The van der Waals surface area contributed by atoms with Gasteiger partial charge in [-0.05, 0) is 18.6 Å². The topological polar surface area (TPSA) is 24.7 Å². The van der Waals surface area contributed by atoms with Crippen molar-refractivity contribution < 1.29 is 0 Å².